The molecule has 0 aliphatic carbocycles. The summed E-state index contributed by atoms with van der Waals surface area (Å²) >= 11 is 0. The molecule has 0 radical (unpaired) electrons. The summed E-state index contributed by atoms with van der Waals surface area (Å²) in [5, 5.41) is 3.18. The number of carbonyl (C=O) groups is 1. The van der Waals surface area contributed by atoms with Crippen LogP contribution in [0.1, 0.15) is 13.8 Å². The zero-order valence-electron chi connectivity index (χ0n) is 7.46. The maximum atomic E-state index is 11.3. The molecular formula is C8H14N2O2. The highest BCUT2D eigenvalue weighted by atomic mass is 16.6. The van der Waals surface area contributed by atoms with Gasteiger partial charge in [0.2, 0.25) is 0 Å². The fourth-order valence-corrected chi connectivity index (χ4v) is 1.97. The Morgan fingerprint density at radius 2 is 2.25 bits per heavy atom. The SMILES string of the molecule is CC(C)N1C(=O)OCC12CNC2. The third kappa shape index (κ3) is 0.843. The van der Waals surface area contributed by atoms with E-state index in [4.69, 9.17) is 4.74 Å². The average molecular weight is 170 g/mol. The Morgan fingerprint density at radius 3 is 2.58 bits per heavy atom. The maximum absolute atomic E-state index is 11.3. The molecule has 0 unspecified atom stereocenters. The molecule has 0 saturated carbocycles. The number of hydrogen-bond donors (Lipinski definition) is 1. The number of amides is 1. The van der Waals surface area contributed by atoms with Gasteiger partial charge in [0.1, 0.15) is 12.1 Å². The third-order valence-electron chi connectivity index (χ3n) is 2.60. The molecule has 2 aliphatic heterocycles. The molecule has 0 aromatic carbocycles. The molecule has 12 heavy (non-hydrogen) atoms. The molecule has 4 nitrogen and oxygen atoms in total. The van der Waals surface area contributed by atoms with E-state index in [1.54, 1.807) is 0 Å². The zero-order valence-corrected chi connectivity index (χ0v) is 7.46. The summed E-state index contributed by atoms with van der Waals surface area (Å²) in [6.07, 6.45) is -0.161. The topological polar surface area (TPSA) is 41.6 Å². The van der Waals surface area contributed by atoms with E-state index in [2.05, 4.69) is 5.32 Å². The summed E-state index contributed by atoms with van der Waals surface area (Å²) in [6, 6.07) is 0.238. The highest BCUT2D eigenvalue weighted by Gasteiger charge is 2.52. The second-order valence-electron chi connectivity index (χ2n) is 3.85. The highest BCUT2D eigenvalue weighted by molar-refractivity contribution is 5.72. The quantitative estimate of drug-likeness (QED) is 0.610. The van der Waals surface area contributed by atoms with Crippen LogP contribution in [0.2, 0.25) is 0 Å². The van der Waals surface area contributed by atoms with Crippen molar-refractivity contribution in [2.45, 2.75) is 25.4 Å². The van der Waals surface area contributed by atoms with Crippen LogP contribution >= 0.6 is 0 Å². The molecule has 0 aromatic heterocycles. The maximum Gasteiger partial charge on any atom is 0.410 e. The van der Waals surface area contributed by atoms with Crippen molar-refractivity contribution in [1.82, 2.24) is 10.2 Å². The van der Waals surface area contributed by atoms with Crippen LogP contribution in [-0.2, 0) is 4.74 Å². The minimum Gasteiger partial charge on any atom is -0.447 e. The number of nitrogens with zero attached hydrogens (tertiary/aromatic N) is 1. The number of rotatable bonds is 1. The van der Waals surface area contributed by atoms with Gasteiger partial charge in [0.15, 0.2) is 0 Å². The van der Waals surface area contributed by atoms with Crippen molar-refractivity contribution in [3.8, 4) is 0 Å². The van der Waals surface area contributed by atoms with Crippen LogP contribution in [0.15, 0.2) is 0 Å². The van der Waals surface area contributed by atoms with E-state index >= 15 is 0 Å². The van der Waals surface area contributed by atoms with E-state index in [0.29, 0.717) is 6.61 Å². The molecule has 2 aliphatic rings. The third-order valence-corrected chi connectivity index (χ3v) is 2.60. The average Bonchev–Trinajstić information content (AvgIpc) is 2.25. The molecule has 0 aromatic rings. The first-order chi connectivity index (χ1) is 5.66. The summed E-state index contributed by atoms with van der Waals surface area (Å²) < 4.78 is 5.03. The van der Waals surface area contributed by atoms with Crippen LogP contribution in [0.4, 0.5) is 4.79 Å². The van der Waals surface area contributed by atoms with Gasteiger partial charge in [-0.05, 0) is 13.8 Å². The summed E-state index contributed by atoms with van der Waals surface area (Å²) in [6.45, 7) is 6.34. The number of carbonyl (C=O) groups excluding carboxylic acids is 1. The molecule has 2 fully saturated rings. The fraction of sp³-hybridized carbons (Fsp3) is 0.875. The Bertz CT molecular complexity index is 211. The van der Waals surface area contributed by atoms with E-state index in [1.807, 2.05) is 18.7 Å². The smallest absolute Gasteiger partial charge is 0.410 e. The van der Waals surface area contributed by atoms with Gasteiger partial charge in [0, 0.05) is 19.1 Å². The summed E-state index contributed by atoms with van der Waals surface area (Å²) in [5.41, 5.74) is -0.0226. The predicted octanol–water partition coefficient (Wildman–Crippen LogP) is 0.189. The Hall–Kier alpha value is -0.770. The standard InChI is InChI=1S/C8H14N2O2/c1-6(2)10-7(11)12-5-8(10)3-9-4-8/h6,9H,3-5H2,1-2H3. The molecule has 2 heterocycles. The van der Waals surface area contributed by atoms with Gasteiger partial charge in [-0.3, -0.25) is 4.90 Å². The van der Waals surface area contributed by atoms with Crippen molar-refractivity contribution in [1.29, 1.82) is 0 Å². The summed E-state index contributed by atoms with van der Waals surface area (Å²) in [7, 11) is 0. The lowest BCUT2D eigenvalue weighted by molar-refractivity contribution is 0.0827. The normalized spacial score (nSPS) is 26.2. The molecular weight excluding hydrogens is 156 g/mol. The lowest BCUT2D eigenvalue weighted by atomic mass is 9.91. The summed E-state index contributed by atoms with van der Waals surface area (Å²) in [4.78, 5) is 13.2. The van der Waals surface area contributed by atoms with Gasteiger partial charge in [-0.2, -0.15) is 0 Å². The van der Waals surface area contributed by atoms with E-state index in [0.717, 1.165) is 13.1 Å². The van der Waals surface area contributed by atoms with Crippen LogP contribution in [0.5, 0.6) is 0 Å². The van der Waals surface area contributed by atoms with Crippen LogP contribution < -0.4 is 5.32 Å². The Labute approximate surface area is 71.9 Å². The Balaban J connectivity index is 2.19. The first kappa shape index (κ1) is 7.86. The number of nitrogens with one attached hydrogen (secondary N) is 1. The fourth-order valence-electron chi connectivity index (χ4n) is 1.97. The largest absolute Gasteiger partial charge is 0.447 e. The van der Waals surface area contributed by atoms with Gasteiger partial charge in [0.25, 0.3) is 0 Å². The van der Waals surface area contributed by atoms with Crippen LogP contribution in [-0.4, -0.2) is 42.3 Å². The van der Waals surface area contributed by atoms with Crippen molar-refractivity contribution >= 4 is 6.09 Å². The lowest BCUT2D eigenvalue weighted by Crippen LogP contribution is -2.69. The molecule has 2 saturated heterocycles. The highest BCUT2D eigenvalue weighted by Crippen LogP contribution is 2.29. The Kier molecular flexibility index (Phi) is 1.54. The minimum absolute atomic E-state index is 0.0226. The van der Waals surface area contributed by atoms with Gasteiger partial charge in [0.05, 0.1) is 0 Å². The predicted molar refractivity (Wildman–Crippen MR) is 43.9 cm³/mol. The van der Waals surface area contributed by atoms with Crippen molar-refractivity contribution in [3.63, 3.8) is 0 Å². The van der Waals surface area contributed by atoms with Crippen molar-refractivity contribution in [2.24, 2.45) is 0 Å². The van der Waals surface area contributed by atoms with E-state index in [-0.39, 0.29) is 17.7 Å². The number of ether oxygens (including phenoxy) is 1. The van der Waals surface area contributed by atoms with E-state index in [9.17, 15) is 4.79 Å². The van der Waals surface area contributed by atoms with Crippen molar-refractivity contribution in [2.75, 3.05) is 19.7 Å². The number of cyclic esters (lactones) is 1. The Morgan fingerprint density at radius 1 is 1.58 bits per heavy atom. The van der Waals surface area contributed by atoms with Gasteiger partial charge in [-0.25, -0.2) is 4.79 Å². The molecule has 4 heteroatoms. The lowest BCUT2D eigenvalue weighted by Gasteiger charge is -2.45. The van der Waals surface area contributed by atoms with Crippen LogP contribution in [0.25, 0.3) is 0 Å². The number of hydrogen-bond acceptors (Lipinski definition) is 3. The molecule has 68 valence electrons. The van der Waals surface area contributed by atoms with Gasteiger partial charge < -0.3 is 10.1 Å². The zero-order chi connectivity index (χ0) is 8.77. The monoisotopic (exact) mass is 170 g/mol. The van der Waals surface area contributed by atoms with E-state index < -0.39 is 0 Å². The second-order valence-corrected chi connectivity index (χ2v) is 3.85. The molecule has 1 amide bonds. The van der Waals surface area contributed by atoms with E-state index in [1.165, 1.54) is 0 Å². The molecule has 1 spiro atoms. The van der Waals surface area contributed by atoms with Gasteiger partial charge >= 0.3 is 6.09 Å². The summed E-state index contributed by atoms with van der Waals surface area (Å²) in [5.74, 6) is 0. The molecule has 1 N–H and O–H groups in total. The van der Waals surface area contributed by atoms with Crippen molar-refractivity contribution in [3.05, 3.63) is 0 Å². The minimum atomic E-state index is -0.161. The van der Waals surface area contributed by atoms with Crippen LogP contribution in [0.3, 0.4) is 0 Å². The molecule has 0 atom stereocenters. The first-order valence-corrected chi connectivity index (χ1v) is 4.32. The van der Waals surface area contributed by atoms with Crippen LogP contribution in [0, 0.1) is 0 Å². The van der Waals surface area contributed by atoms with Gasteiger partial charge in [-0.15, -0.1) is 0 Å². The second kappa shape index (κ2) is 2.36. The molecule has 2 rings (SSSR count). The van der Waals surface area contributed by atoms with Crippen molar-refractivity contribution < 1.29 is 9.53 Å². The first-order valence-electron chi connectivity index (χ1n) is 4.32. The molecule has 0 bridgehead atoms. The van der Waals surface area contributed by atoms with Gasteiger partial charge in [-0.1, -0.05) is 0 Å².